The first-order valence-electron chi connectivity index (χ1n) is 5.24. The summed E-state index contributed by atoms with van der Waals surface area (Å²) in [5.74, 6) is 1.78. The highest BCUT2D eigenvalue weighted by molar-refractivity contribution is 7.99. The van der Waals surface area contributed by atoms with Gasteiger partial charge in [-0.2, -0.15) is 0 Å². The molecule has 0 N–H and O–H groups in total. The van der Waals surface area contributed by atoms with E-state index in [0.29, 0.717) is 11.2 Å². The van der Waals surface area contributed by atoms with E-state index in [4.69, 9.17) is 11.6 Å². The van der Waals surface area contributed by atoms with Crippen LogP contribution < -0.4 is 0 Å². The molecule has 16 heavy (non-hydrogen) atoms. The molecule has 2 aromatic rings. The molecule has 5 heteroatoms. The third-order valence-electron chi connectivity index (χ3n) is 2.46. The molecule has 0 radical (unpaired) electrons. The standard InChI is InChI=1S/C11H13ClN2S2/c1-3-7(2)6-16-10-8-4-5-15-9(8)13-11(12)14-10/h4-5,7H,3,6H2,1-2H3. The molecule has 0 aliphatic heterocycles. The van der Waals surface area contributed by atoms with Crippen molar-refractivity contribution in [1.29, 1.82) is 0 Å². The second kappa shape index (κ2) is 5.34. The molecule has 2 heterocycles. The quantitative estimate of drug-likeness (QED) is 0.466. The zero-order valence-corrected chi connectivity index (χ0v) is 11.6. The molecule has 2 nitrogen and oxygen atoms in total. The monoisotopic (exact) mass is 272 g/mol. The summed E-state index contributed by atoms with van der Waals surface area (Å²) in [5.41, 5.74) is 0. The summed E-state index contributed by atoms with van der Waals surface area (Å²) in [6.07, 6.45) is 1.19. The lowest BCUT2D eigenvalue weighted by Gasteiger charge is -2.07. The van der Waals surface area contributed by atoms with Crippen molar-refractivity contribution in [2.45, 2.75) is 25.3 Å². The van der Waals surface area contributed by atoms with Gasteiger partial charge in [0.05, 0.1) is 0 Å². The molecular formula is C11H13ClN2S2. The Kier molecular flexibility index (Phi) is 4.05. The van der Waals surface area contributed by atoms with E-state index in [1.165, 1.54) is 6.42 Å². The first-order valence-corrected chi connectivity index (χ1v) is 7.48. The maximum Gasteiger partial charge on any atom is 0.224 e. The van der Waals surface area contributed by atoms with E-state index in [0.717, 1.165) is 21.0 Å². The van der Waals surface area contributed by atoms with Crippen LogP contribution in [-0.2, 0) is 0 Å². The smallest absolute Gasteiger partial charge is 0.211 e. The topological polar surface area (TPSA) is 25.8 Å². The molecular weight excluding hydrogens is 260 g/mol. The van der Waals surface area contributed by atoms with Crippen molar-refractivity contribution in [3.63, 3.8) is 0 Å². The van der Waals surface area contributed by atoms with Gasteiger partial charge in [0.2, 0.25) is 5.28 Å². The summed E-state index contributed by atoms with van der Waals surface area (Å²) in [7, 11) is 0. The lowest BCUT2D eigenvalue weighted by atomic mass is 10.2. The van der Waals surface area contributed by atoms with Crippen molar-refractivity contribution >= 4 is 44.9 Å². The van der Waals surface area contributed by atoms with Crippen molar-refractivity contribution in [1.82, 2.24) is 9.97 Å². The van der Waals surface area contributed by atoms with Crippen LogP contribution in [0.2, 0.25) is 5.28 Å². The first kappa shape index (κ1) is 12.1. The molecule has 0 aliphatic rings. The van der Waals surface area contributed by atoms with Gasteiger partial charge in [-0.15, -0.1) is 23.1 Å². The van der Waals surface area contributed by atoms with Gasteiger partial charge < -0.3 is 0 Å². The fraction of sp³-hybridized carbons (Fsp3) is 0.455. The maximum atomic E-state index is 5.90. The fourth-order valence-electron chi connectivity index (χ4n) is 1.25. The molecule has 0 aromatic carbocycles. The van der Waals surface area contributed by atoms with Crippen LogP contribution in [0.25, 0.3) is 10.2 Å². The maximum absolute atomic E-state index is 5.90. The number of thiophene rings is 1. The van der Waals surface area contributed by atoms with Crippen molar-refractivity contribution in [3.8, 4) is 0 Å². The molecule has 0 bridgehead atoms. The molecule has 1 unspecified atom stereocenters. The summed E-state index contributed by atoms with van der Waals surface area (Å²) >= 11 is 9.28. The third-order valence-corrected chi connectivity index (χ3v) is 4.76. The van der Waals surface area contributed by atoms with Crippen LogP contribution in [0.5, 0.6) is 0 Å². The SMILES string of the molecule is CCC(C)CSc1nc(Cl)nc2sccc12. The number of thioether (sulfide) groups is 1. The van der Waals surface area contributed by atoms with Gasteiger partial charge in [-0.25, -0.2) is 9.97 Å². The van der Waals surface area contributed by atoms with Gasteiger partial charge in [0.15, 0.2) is 0 Å². The minimum absolute atomic E-state index is 0.349. The van der Waals surface area contributed by atoms with Gasteiger partial charge in [0.1, 0.15) is 9.86 Å². The Balaban J connectivity index is 2.25. The van der Waals surface area contributed by atoms with Gasteiger partial charge in [-0.05, 0) is 29.0 Å². The van der Waals surface area contributed by atoms with E-state index in [1.54, 1.807) is 23.1 Å². The Hall–Kier alpha value is -0.320. The molecule has 2 rings (SSSR count). The van der Waals surface area contributed by atoms with E-state index in [2.05, 4.69) is 29.9 Å². The van der Waals surface area contributed by atoms with Gasteiger partial charge in [0.25, 0.3) is 0 Å². The second-order valence-electron chi connectivity index (χ2n) is 3.76. The van der Waals surface area contributed by atoms with Crippen LogP contribution >= 0.6 is 34.7 Å². The highest BCUT2D eigenvalue weighted by Gasteiger charge is 2.09. The average molecular weight is 273 g/mol. The van der Waals surface area contributed by atoms with Crippen molar-refractivity contribution in [2.24, 2.45) is 5.92 Å². The molecule has 0 aliphatic carbocycles. The summed E-state index contributed by atoms with van der Waals surface area (Å²) in [4.78, 5) is 9.49. The van der Waals surface area contributed by atoms with E-state index in [-0.39, 0.29) is 0 Å². The van der Waals surface area contributed by atoms with Crippen molar-refractivity contribution < 1.29 is 0 Å². The Bertz CT molecular complexity index is 484. The van der Waals surface area contributed by atoms with E-state index >= 15 is 0 Å². The zero-order valence-electron chi connectivity index (χ0n) is 9.24. The Morgan fingerprint density at radius 3 is 3.06 bits per heavy atom. The van der Waals surface area contributed by atoms with Gasteiger partial charge in [-0.3, -0.25) is 0 Å². The van der Waals surface area contributed by atoms with E-state index in [9.17, 15) is 0 Å². The minimum atomic E-state index is 0.349. The van der Waals surface area contributed by atoms with Crippen LogP contribution in [0.3, 0.4) is 0 Å². The predicted molar refractivity (Wildman–Crippen MR) is 72.6 cm³/mol. The summed E-state index contributed by atoms with van der Waals surface area (Å²) in [6, 6.07) is 2.06. The Morgan fingerprint density at radius 1 is 1.50 bits per heavy atom. The van der Waals surface area contributed by atoms with Gasteiger partial charge >= 0.3 is 0 Å². The van der Waals surface area contributed by atoms with Crippen LogP contribution in [0.1, 0.15) is 20.3 Å². The largest absolute Gasteiger partial charge is 0.224 e. The fourth-order valence-corrected chi connectivity index (χ4v) is 3.50. The predicted octanol–water partition coefficient (Wildman–Crippen LogP) is 4.48. The van der Waals surface area contributed by atoms with Crippen LogP contribution in [-0.4, -0.2) is 15.7 Å². The summed E-state index contributed by atoms with van der Waals surface area (Å²) < 4.78 is 0. The second-order valence-corrected chi connectivity index (χ2v) is 6.00. The molecule has 0 fully saturated rings. The van der Waals surface area contributed by atoms with Crippen molar-refractivity contribution in [2.75, 3.05) is 5.75 Å². The lowest BCUT2D eigenvalue weighted by Crippen LogP contribution is -1.96. The highest BCUT2D eigenvalue weighted by atomic mass is 35.5. The number of hydrogen-bond donors (Lipinski definition) is 0. The van der Waals surface area contributed by atoms with Gasteiger partial charge in [-0.1, -0.05) is 20.3 Å². The highest BCUT2D eigenvalue weighted by Crippen LogP contribution is 2.30. The molecule has 0 amide bonds. The number of aromatic nitrogens is 2. The molecule has 1 atom stereocenters. The number of hydrogen-bond acceptors (Lipinski definition) is 4. The van der Waals surface area contributed by atoms with Gasteiger partial charge in [0, 0.05) is 11.1 Å². The van der Waals surface area contributed by atoms with Crippen molar-refractivity contribution in [3.05, 3.63) is 16.7 Å². The Morgan fingerprint density at radius 2 is 2.31 bits per heavy atom. The zero-order chi connectivity index (χ0) is 11.5. The first-order chi connectivity index (χ1) is 7.70. The Labute approximate surface area is 108 Å². The molecule has 86 valence electrons. The summed E-state index contributed by atoms with van der Waals surface area (Å²) in [5, 5.41) is 4.52. The number of nitrogens with zero attached hydrogens (tertiary/aromatic N) is 2. The molecule has 2 aromatic heterocycles. The number of halogens is 1. The lowest BCUT2D eigenvalue weighted by molar-refractivity contribution is 0.636. The number of fused-ring (bicyclic) bond motifs is 1. The molecule has 0 spiro atoms. The average Bonchev–Trinajstić information content (AvgIpc) is 2.73. The normalized spacial score (nSPS) is 13.2. The van der Waals surface area contributed by atoms with Crippen LogP contribution in [0.15, 0.2) is 16.5 Å². The van der Waals surface area contributed by atoms with E-state index in [1.807, 2.05) is 5.38 Å². The van der Waals surface area contributed by atoms with E-state index < -0.39 is 0 Å². The molecule has 0 saturated carbocycles. The number of rotatable bonds is 4. The third kappa shape index (κ3) is 2.67. The minimum Gasteiger partial charge on any atom is -0.211 e. The molecule has 0 saturated heterocycles. The summed E-state index contributed by atoms with van der Waals surface area (Å²) in [6.45, 7) is 4.46. The van der Waals surface area contributed by atoms with Crippen LogP contribution in [0, 0.1) is 5.92 Å². The van der Waals surface area contributed by atoms with Crippen LogP contribution in [0.4, 0.5) is 0 Å².